The Balaban J connectivity index is 3.38. The van der Waals surface area contributed by atoms with E-state index in [1.54, 1.807) is 0 Å². The number of carbonyl (C=O) groups excluding carboxylic acids is 1. The van der Waals surface area contributed by atoms with E-state index in [0.29, 0.717) is 6.42 Å². The monoisotopic (exact) mass is 425 g/mol. The zero-order chi connectivity index (χ0) is 22.5. The van der Waals surface area contributed by atoms with Crippen molar-refractivity contribution in [1.82, 2.24) is 5.32 Å². The number of nitrogens with one attached hydrogen (secondary N) is 1. The van der Waals surface area contributed by atoms with Gasteiger partial charge in [-0.1, -0.05) is 130 Å². The van der Waals surface area contributed by atoms with Crippen molar-refractivity contribution in [1.29, 1.82) is 0 Å². The molecule has 178 valence electrons. The lowest BCUT2D eigenvalue weighted by Crippen LogP contribution is -2.44. The highest BCUT2D eigenvalue weighted by atomic mass is 16.4. The molecular formula is C26H51NO3. The quantitative estimate of drug-likeness (QED) is 0.175. The molecule has 4 heteroatoms. The number of amides is 1. The molecule has 0 heterocycles. The molecule has 0 aliphatic carbocycles. The number of carboxylic acid groups (broad SMARTS) is 1. The second kappa shape index (κ2) is 21.2. The molecule has 1 amide bonds. The van der Waals surface area contributed by atoms with E-state index in [-0.39, 0.29) is 11.8 Å². The van der Waals surface area contributed by atoms with Crippen molar-refractivity contribution in [2.24, 2.45) is 5.92 Å². The van der Waals surface area contributed by atoms with Crippen LogP contribution in [0.2, 0.25) is 0 Å². The average molecular weight is 426 g/mol. The third-order valence-electron chi connectivity index (χ3n) is 6.30. The van der Waals surface area contributed by atoms with Crippen molar-refractivity contribution in [3.05, 3.63) is 0 Å². The van der Waals surface area contributed by atoms with Crippen molar-refractivity contribution in [2.45, 2.75) is 149 Å². The molecule has 0 spiro atoms. The van der Waals surface area contributed by atoms with Crippen LogP contribution >= 0.6 is 0 Å². The number of unbranched alkanes of at least 4 members (excludes halogenated alkanes) is 16. The first-order valence-electron chi connectivity index (χ1n) is 13.0. The van der Waals surface area contributed by atoms with Gasteiger partial charge in [0, 0.05) is 6.42 Å². The van der Waals surface area contributed by atoms with Gasteiger partial charge in [-0.05, 0) is 12.3 Å². The zero-order valence-electron chi connectivity index (χ0n) is 20.4. The lowest BCUT2D eigenvalue weighted by atomic mass is 9.99. The van der Waals surface area contributed by atoms with Crippen molar-refractivity contribution < 1.29 is 14.7 Å². The van der Waals surface area contributed by atoms with Gasteiger partial charge in [-0.15, -0.1) is 0 Å². The van der Waals surface area contributed by atoms with E-state index in [2.05, 4.69) is 12.2 Å². The summed E-state index contributed by atoms with van der Waals surface area (Å²) >= 11 is 0. The summed E-state index contributed by atoms with van der Waals surface area (Å²) in [5, 5.41) is 11.9. The highest BCUT2D eigenvalue weighted by Gasteiger charge is 2.24. The van der Waals surface area contributed by atoms with Gasteiger partial charge in [-0.2, -0.15) is 0 Å². The second-order valence-corrected chi connectivity index (χ2v) is 9.18. The molecule has 0 aliphatic rings. The molecule has 2 atom stereocenters. The highest BCUT2D eigenvalue weighted by molar-refractivity contribution is 5.83. The van der Waals surface area contributed by atoms with Crippen LogP contribution in [0, 0.1) is 5.92 Å². The van der Waals surface area contributed by atoms with Crippen LogP contribution in [-0.2, 0) is 9.59 Å². The van der Waals surface area contributed by atoms with Crippen molar-refractivity contribution in [3.63, 3.8) is 0 Å². The first kappa shape index (κ1) is 28.9. The van der Waals surface area contributed by atoms with E-state index >= 15 is 0 Å². The fourth-order valence-corrected chi connectivity index (χ4v) is 3.94. The SMILES string of the molecule is CCCCCCCCCCCCCCCCCCCC(=O)N[C@H](C(=O)O)[C@@H](C)CC. The van der Waals surface area contributed by atoms with Crippen molar-refractivity contribution in [3.8, 4) is 0 Å². The van der Waals surface area contributed by atoms with Gasteiger partial charge in [-0.3, -0.25) is 4.79 Å². The fraction of sp³-hybridized carbons (Fsp3) is 0.923. The van der Waals surface area contributed by atoms with E-state index in [9.17, 15) is 14.7 Å². The summed E-state index contributed by atoms with van der Waals surface area (Å²) in [6, 6.07) is -0.756. The maximum Gasteiger partial charge on any atom is 0.326 e. The van der Waals surface area contributed by atoms with Gasteiger partial charge in [0.1, 0.15) is 6.04 Å². The first-order chi connectivity index (χ1) is 14.5. The second-order valence-electron chi connectivity index (χ2n) is 9.18. The molecule has 0 radical (unpaired) electrons. The molecule has 0 saturated heterocycles. The molecular weight excluding hydrogens is 374 g/mol. The van der Waals surface area contributed by atoms with E-state index in [1.807, 2.05) is 13.8 Å². The molecule has 0 saturated carbocycles. The van der Waals surface area contributed by atoms with Gasteiger partial charge in [0.2, 0.25) is 5.91 Å². The number of carbonyl (C=O) groups is 2. The van der Waals surface area contributed by atoms with Gasteiger partial charge >= 0.3 is 5.97 Å². The minimum absolute atomic E-state index is 0.0398. The minimum Gasteiger partial charge on any atom is -0.480 e. The molecule has 0 aromatic carbocycles. The number of hydrogen-bond acceptors (Lipinski definition) is 2. The van der Waals surface area contributed by atoms with Crippen molar-refractivity contribution >= 4 is 11.9 Å². The lowest BCUT2D eigenvalue weighted by molar-refractivity contribution is -0.143. The lowest BCUT2D eigenvalue weighted by Gasteiger charge is -2.20. The smallest absolute Gasteiger partial charge is 0.326 e. The van der Waals surface area contributed by atoms with Crippen LogP contribution in [0.15, 0.2) is 0 Å². The van der Waals surface area contributed by atoms with Gasteiger partial charge in [0.05, 0.1) is 0 Å². The molecule has 0 aliphatic heterocycles. The number of carboxylic acids is 1. The van der Waals surface area contributed by atoms with E-state index < -0.39 is 12.0 Å². The van der Waals surface area contributed by atoms with Crippen LogP contribution in [0.5, 0.6) is 0 Å². The van der Waals surface area contributed by atoms with E-state index in [1.165, 1.54) is 96.3 Å². The average Bonchev–Trinajstić information content (AvgIpc) is 2.73. The summed E-state index contributed by atoms with van der Waals surface area (Å²) < 4.78 is 0. The molecule has 0 aromatic rings. The third-order valence-corrected chi connectivity index (χ3v) is 6.30. The Hall–Kier alpha value is -1.06. The Morgan fingerprint density at radius 3 is 1.37 bits per heavy atom. The molecule has 0 fully saturated rings. The molecule has 4 nitrogen and oxygen atoms in total. The van der Waals surface area contributed by atoms with Gasteiger partial charge in [0.25, 0.3) is 0 Å². The summed E-state index contributed by atoms with van der Waals surface area (Å²) in [6.45, 7) is 6.09. The van der Waals surface area contributed by atoms with Gasteiger partial charge < -0.3 is 10.4 Å². The van der Waals surface area contributed by atoms with Crippen LogP contribution in [-0.4, -0.2) is 23.0 Å². The zero-order valence-corrected chi connectivity index (χ0v) is 20.4. The molecule has 0 aromatic heterocycles. The number of rotatable bonds is 22. The van der Waals surface area contributed by atoms with Crippen molar-refractivity contribution in [2.75, 3.05) is 0 Å². The Kier molecular flexibility index (Phi) is 20.4. The summed E-state index contributed by atoms with van der Waals surface area (Å²) in [6.07, 6.45) is 23.6. The normalized spacial score (nSPS) is 13.2. The third kappa shape index (κ3) is 17.8. The molecule has 30 heavy (non-hydrogen) atoms. The molecule has 0 rings (SSSR count). The number of hydrogen-bond donors (Lipinski definition) is 2. The Labute approximate surface area is 187 Å². The molecule has 0 bridgehead atoms. The summed E-state index contributed by atoms with van der Waals surface area (Å²) in [4.78, 5) is 23.2. The Morgan fingerprint density at radius 1 is 0.667 bits per heavy atom. The summed E-state index contributed by atoms with van der Waals surface area (Å²) in [7, 11) is 0. The fourth-order valence-electron chi connectivity index (χ4n) is 3.94. The summed E-state index contributed by atoms with van der Waals surface area (Å²) in [5.41, 5.74) is 0. The predicted octanol–water partition coefficient (Wildman–Crippen LogP) is 7.64. The van der Waals surface area contributed by atoms with Crippen LogP contribution in [0.1, 0.15) is 143 Å². The number of aliphatic carboxylic acids is 1. The molecule has 2 N–H and O–H groups in total. The highest BCUT2D eigenvalue weighted by Crippen LogP contribution is 2.14. The Bertz CT molecular complexity index is 411. The van der Waals surface area contributed by atoms with Crippen LogP contribution in [0.4, 0.5) is 0 Å². The maximum atomic E-state index is 12.0. The topological polar surface area (TPSA) is 66.4 Å². The minimum atomic E-state index is -0.930. The predicted molar refractivity (Wildman–Crippen MR) is 128 cm³/mol. The van der Waals surface area contributed by atoms with E-state index in [4.69, 9.17) is 0 Å². The van der Waals surface area contributed by atoms with E-state index in [0.717, 1.165) is 19.3 Å². The standard InChI is InChI=1S/C26H51NO3/c1-4-6-7-8-9-10-11-12-13-14-15-16-17-18-19-20-21-22-24(28)27-25(26(29)30)23(3)5-2/h23,25H,4-22H2,1-3H3,(H,27,28)(H,29,30)/t23-,25-/m0/s1. The van der Waals surface area contributed by atoms with Crippen LogP contribution in [0.3, 0.4) is 0 Å². The summed E-state index contributed by atoms with van der Waals surface area (Å²) in [5.74, 6) is -1.09. The first-order valence-corrected chi connectivity index (χ1v) is 13.0. The largest absolute Gasteiger partial charge is 0.480 e. The van der Waals surface area contributed by atoms with Gasteiger partial charge in [0.15, 0.2) is 0 Å². The Morgan fingerprint density at radius 2 is 1.03 bits per heavy atom. The van der Waals surface area contributed by atoms with Crippen LogP contribution < -0.4 is 5.32 Å². The van der Waals surface area contributed by atoms with Gasteiger partial charge in [-0.25, -0.2) is 4.79 Å². The maximum absolute atomic E-state index is 12.0. The van der Waals surface area contributed by atoms with Crippen LogP contribution in [0.25, 0.3) is 0 Å². The molecule has 0 unspecified atom stereocenters.